The van der Waals surface area contributed by atoms with Crippen molar-refractivity contribution in [2.45, 2.75) is 19.4 Å². The Hall–Kier alpha value is -2.80. The quantitative estimate of drug-likeness (QED) is 0.465. The third kappa shape index (κ3) is 1.48. The Bertz CT molecular complexity index is 1050. The molecule has 0 amide bonds. The van der Waals surface area contributed by atoms with E-state index < -0.39 is 22.6 Å². The van der Waals surface area contributed by atoms with E-state index in [9.17, 15) is 14.7 Å². The summed E-state index contributed by atoms with van der Waals surface area (Å²) in [6.45, 7) is 0.530. The molecule has 1 aromatic carbocycles. The van der Waals surface area contributed by atoms with Crippen LogP contribution in [0.2, 0.25) is 0 Å². The largest absolute Gasteiger partial charge is 0.505 e. The molecule has 0 aliphatic carbocycles. The molecule has 3 aromatic rings. The Labute approximate surface area is 123 Å². The van der Waals surface area contributed by atoms with Crippen molar-refractivity contribution in [2.75, 3.05) is 5.48 Å². The number of aromatic hydroxyl groups is 1. The van der Waals surface area contributed by atoms with Gasteiger partial charge in [-0.3, -0.25) is 15.5 Å². The lowest BCUT2D eigenvalue weighted by molar-refractivity contribution is 0.375. The number of para-hydroxylation sites is 1. The van der Waals surface area contributed by atoms with Gasteiger partial charge in [0.05, 0.1) is 5.52 Å². The maximum absolute atomic E-state index is 12.7. The highest BCUT2D eigenvalue weighted by Crippen LogP contribution is 2.33. The maximum Gasteiger partial charge on any atom is 0.366 e. The molecule has 7 nitrogen and oxygen atoms in total. The van der Waals surface area contributed by atoms with Crippen LogP contribution in [0.15, 0.2) is 32.2 Å². The molecular formula is C15H12N2O5. The second-order valence-corrected chi connectivity index (χ2v) is 5.30. The number of pyridine rings is 1. The van der Waals surface area contributed by atoms with Crippen LogP contribution in [0, 0.1) is 0 Å². The van der Waals surface area contributed by atoms with Crippen LogP contribution in [0.1, 0.15) is 12.0 Å². The number of aryl methyl sites for hydroxylation is 2. The lowest BCUT2D eigenvalue weighted by atomic mass is 10.00. The zero-order valence-electron chi connectivity index (χ0n) is 11.4. The first-order valence-corrected chi connectivity index (χ1v) is 6.87. The minimum Gasteiger partial charge on any atom is -0.505 e. The molecule has 3 heterocycles. The number of benzene rings is 1. The Morgan fingerprint density at radius 2 is 2.09 bits per heavy atom. The third-order valence-corrected chi connectivity index (χ3v) is 4.13. The second kappa shape index (κ2) is 4.35. The fourth-order valence-electron chi connectivity index (χ4n) is 3.18. The van der Waals surface area contributed by atoms with Crippen molar-refractivity contribution < 1.29 is 14.7 Å². The van der Waals surface area contributed by atoms with Crippen LogP contribution < -0.4 is 16.7 Å². The van der Waals surface area contributed by atoms with E-state index in [-0.39, 0.29) is 11.0 Å². The Kier molecular flexibility index (Phi) is 2.55. The summed E-state index contributed by atoms with van der Waals surface area (Å²) < 4.78 is 6.77. The molecule has 2 aromatic heterocycles. The van der Waals surface area contributed by atoms with Gasteiger partial charge >= 0.3 is 5.63 Å². The van der Waals surface area contributed by atoms with Gasteiger partial charge in [-0.05, 0) is 24.5 Å². The highest BCUT2D eigenvalue weighted by Gasteiger charge is 2.23. The number of nitrogens with zero attached hydrogens (tertiary/aromatic N) is 1. The normalized spacial score (nSPS) is 13.7. The van der Waals surface area contributed by atoms with Crippen molar-refractivity contribution in [1.29, 1.82) is 0 Å². The van der Waals surface area contributed by atoms with Crippen LogP contribution >= 0.6 is 0 Å². The van der Waals surface area contributed by atoms with Crippen molar-refractivity contribution in [1.82, 2.24) is 4.57 Å². The van der Waals surface area contributed by atoms with Crippen molar-refractivity contribution in [2.24, 2.45) is 0 Å². The first-order chi connectivity index (χ1) is 10.6. The van der Waals surface area contributed by atoms with Gasteiger partial charge < -0.3 is 14.1 Å². The molecule has 0 fully saturated rings. The molecule has 1 aliphatic heterocycles. The van der Waals surface area contributed by atoms with Gasteiger partial charge in [0, 0.05) is 11.9 Å². The number of nitrogens with one attached hydrogen (secondary N) is 1. The van der Waals surface area contributed by atoms with Crippen LogP contribution in [0.5, 0.6) is 5.75 Å². The summed E-state index contributed by atoms with van der Waals surface area (Å²) in [7, 11) is 0. The summed E-state index contributed by atoms with van der Waals surface area (Å²) in [5, 5.41) is 19.6. The number of aromatic nitrogens is 1. The summed E-state index contributed by atoms with van der Waals surface area (Å²) in [6, 6.07) is 5.51. The zero-order chi connectivity index (χ0) is 15.4. The fraction of sp³-hybridized carbons (Fsp3) is 0.200. The molecule has 0 radical (unpaired) electrons. The average molecular weight is 300 g/mol. The van der Waals surface area contributed by atoms with E-state index in [2.05, 4.69) is 0 Å². The van der Waals surface area contributed by atoms with Crippen LogP contribution in [0.4, 0.5) is 5.69 Å². The van der Waals surface area contributed by atoms with Crippen molar-refractivity contribution >= 4 is 27.6 Å². The molecule has 0 unspecified atom stereocenters. The topological polar surface area (TPSA) is 105 Å². The monoisotopic (exact) mass is 300 g/mol. The second-order valence-electron chi connectivity index (χ2n) is 5.30. The minimum atomic E-state index is -0.937. The van der Waals surface area contributed by atoms with Crippen molar-refractivity contribution in [3.63, 3.8) is 0 Å². The number of rotatable bonds is 1. The summed E-state index contributed by atoms with van der Waals surface area (Å²) in [5.41, 5.74) is 1.46. The molecule has 7 heteroatoms. The van der Waals surface area contributed by atoms with Crippen LogP contribution in [-0.2, 0) is 13.0 Å². The van der Waals surface area contributed by atoms with Gasteiger partial charge in [0.2, 0.25) is 0 Å². The molecule has 0 saturated heterocycles. The highest BCUT2D eigenvalue weighted by molar-refractivity contribution is 6.06. The predicted octanol–water partition coefficient (Wildman–Crippen LogP) is 1.56. The van der Waals surface area contributed by atoms with Crippen molar-refractivity contribution in [3.05, 3.63) is 44.5 Å². The molecule has 0 spiro atoms. The molecule has 112 valence electrons. The van der Waals surface area contributed by atoms with E-state index in [4.69, 9.17) is 9.62 Å². The van der Waals surface area contributed by atoms with Crippen LogP contribution in [0.25, 0.3) is 21.9 Å². The molecule has 0 atom stereocenters. The van der Waals surface area contributed by atoms with E-state index in [1.54, 1.807) is 16.1 Å². The molecule has 1 aliphatic rings. The van der Waals surface area contributed by atoms with Crippen LogP contribution in [0.3, 0.4) is 0 Å². The van der Waals surface area contributed by atoms with Gasteiger partial charge in [-0.25, -0.2) is 4.79 Å². The van der Waals surface area contributed by atoms with E-state index in [1.165, 1.54) is 0 Å². The number of hydrogen-bond acceptors (Lipinski definition) is 6. The zero-order valence-corrected chi connectivity index (χ0v) is 11.4. The SMILES string of the molecule is O=c1oc2c(c(O)c1NO)c(=O)n1c3c(cccc23)CCC1. The molecule has 22 heavy (non-hydrogen) atoms. The van der Waals surface area contributed by atoms with Gasteiger partial charge in [0.15, 0.2) is 17.0 Å². The summed E-state index contributed by atoms with van der Waals surface area (Å²) >= 11 is 0. The van der Waals surface area contributed by atoms with Gasteiger partial charge in [-0.1, -0.05) is 12.1 Å². The molecule has 0 bridgehead atoms. The van der Waals surface area contributed by atoms with Gasteiger partial charge in [-0.15, -0.1) is 0 Å². The van der Waals surface area contributed by atoms with E-state index in [0.29, 0.717) is 11.9 Å². The Balaban J connectivity index is 2.36. The molecule has 0 saturated carbocycles. The first kappa shape index (κ1) is 12.9. The first-order valence-electron chi connectivity index (χ1n) is 6.87. The Morgan fingerprint density at radius 3 is 2.86 bits per heavy atom. The molecular weight excluding hydrogens is 288 g/mol. The van der Waals surface area contributed by atoms with Gasteiger partial charge in [0.25, 0.3) is 5.56 Å². The molecule has 3 N–H and O–H groups in total. The van der Waals surface area contributed by atoms with E-state index in [0.717, 1.165) is 23.9 Å². The van der Waals surface area contributed by atoms with Crippen molar-refractivity contribution in [3.8, 4) is 5.75 Å². The lowest BCUT2D eigenvalue weighted by Crippen LogP contribution is -2.25. The summed E-state index contributed by atoms with van der Waals surface area (Å²) in [5.74, 6) is -0.597. The van der Waals surface area contributed by atoms with Gasteiger partial charge in [-0.2, -0.15) is 0 Å². The van der Waals surface area contributed by atoms with E-state index >= 15 is 0 Å². The van der Waals surface area contributed by atoms with Gasteiger partial charge in [0.1, 0.15) is 5.39 Å². The number of anilines is 1. The smallest absolute Gasteiger partial charge is 0.366 e. The van der Waals surface area contributed by atoms with Crippen LogP contribution in [-0.4, -0.2) is 14.9 Å². The standard InChI is InChI=1S/C15H12N2O5/c18-12-9-13(22-15(20)10(12)16-21)8-5-1-3-7-4-2-6-17(11(7)8)14(9)19/h1,3,5,16,18,21H,2,4,6H2. The maximum atomic E-state index is 12.7. The summed E-state index contributed by atoms with van der Waals surface area (Å²) in [4.78, 5) is 24.5. The molecule has 4 rings (SSSR count). The predicted molar refractivity (Wildman–Crippen MR) is 79.6 cm³/mol. The van der Waals surface area contributed by atoms with E-state index in [1.807, 2.05) is 12.1 Å². The number of fused-ring (bicyclic) bond motifs is 2. The average Bonchev–Trinajstić information content (AvgIpc) is 2.52. The minimum absolute atomic E-state index is 0.0431. The number of hydrogen-bond donors (Lipinski definition) is 3. The third-order valence-electron chi connectivity index (χ3n) is 4.13. The lowest BCUT2D eigenvalue weighted by Gasteiger charge is -2.20. The fourth-order valence-corrected chi connectivity index (χ4v) is 3.18. The highest BCUT2D eigenvalue weighted by atomic mass is 16.5. The summed E-state index contributed by atoms with van der Waals surface area (Å²) in [6.07, 6.45) is 1.66. The Morgan fingerprint density at radius 1 is 1.27 bits per heavy atom.